The third-order valence-electron chi connectivity index (χ3n) is 4.92. The van der Waals surface area contributed by atoms with Crippen molar-refractivity contribution < 1.29 is 55.9 Å². The number of pyridine rings is 1. The quantitative estimate of drug-likeness (QED) is 0.275. The van der Waals surface area contributed by atoms with Crippen LogP contribution in [0.3, 0.4) is 0 Å². The summed E-state index contributed by atoms with van der Waals surface area (Å²) in [5, 5.41) is 2.40. The van der Waals surface area contributed by atoms with Crippen LogP contribution in [0.5, 0.6) is 5.75 Å². The molecule has 0 aliphatic carbocycles. The summed E-state index contributed by atoms with van der Waals surface area (Å²) in [5.74, 6) is -4.45. The van der Waals surface area contributed by atoms with E-state index in [1.54, 1.807) is 13.1 Å². The van der Waals surface area contributed by atoms with E-state index in [9.17, 15) is 31.9 Å². The van der Waals surface area contributed by atoms with Crippen LogP contribution in [-0.2, 0) is 41.9 Å². The number of nitrogens with zero attached hydrogens (tertiary/aromatic N) is 1. The molecule has 0 radical (unpaired) electrons. The highest BCUT2D eigenvalue weighted by molar-refractivity contribution is 5.84. The zero-order chi connectivity index (χ0) is 28.6. The molecule has 0 spiro atoms. The summed E-state index contributed by atoms with van der Waals surface area (Å²) in [4.78, 5) is 46.9. The van der Waals surface area contributed by atoms with E-state index < -0.39 is 48.7 Å². The van der Waals surface area contributed by atoms with E-state index in [4.69, 9.17) is 14.2 Å². The van der Waals surface area contributed by atoms with E-state index in [-0.39, 0.29) is 17.9 Å². The molecular formula is C24H26F4N2O8. The minimum absolute atomic E-state index is 0.0812. The van der Waals surface area contributed by atoms with Crippen molar-refractivity contribution in [1.29, 1.82) is 0 Å². The van der Waals surface area contributed by atoms with Gasteiger partial charge in [0.15, 0.2) is 6.10 Å². The second-order valence-electron chi connectivity index (χ2n) is 8.20. The lowest BCUT2D eigenvalue weighted by atomic mass is 10.1. The minimum atomic E-state index is -5.39. The topological polar surface area (TPSA) is 122 Å². The summed E-state index contributed by atoms with van der Waals surface area (Å²) in [6.45, 7) is 6.40. The van der Waals surface area contributed by atoms with Crippen LogP contribution >= 0.6 is 0 Å². The summed E-state index contributed by atoms with van der Waals surface area (Å²) in [5.41, 5.74) is 1.87. The van der Waals surface area contributed by atoms with Crippen molar-refractivity contribution in [3.8, 4) is 5.75 Å². The van der Waals surface area contributed by atoms with Crippen LogP contribution in [0, 0.1) is 19.7 Å². The molecule has 1 unspecified atom stereocenters. The molecule has 0 saturated heterocycles. The number of halogens is 4. The van der Waals surface area contributed by atoms with Gasteiger partial charge in [-0.05, 0) is 51.5 Å². The second kappa shape index (κ2) is 13.0. The number of carbonyl (C=O) groups excluding carboxylic acids is 3. The minimum Gasteiger partial charge on any atom is -0.496 e. The molecule has 1 aromatic heterocycles. The number of hydrogen-bond donors (Lipinski definition) is 1. The van der Waals surface area contributed by atoms with Gasteiger partial charge in [-0.15, -0.1) is 0 Å². The fraction of sp³-hybridized carbons (Fsp3) is 0.417. The Labute approximate surface area is 215 Å². The number of anilines is 1. The molecule has 0 saturated carbocycles. The van der Waals surface area contributed by atoms with Crippen LogP contribution in [0.1, 0.15) is 36.2 Å². The van der Waals surface area contributed by atoms with Crippen molar-refractivity contribution in [1.82, 2.24) is 4.98 Å². The van der Waals surface area contributed by atoms with Gasteiger partial charge >= 0.3 is 24.2 Å². The highest BCUT2D eigenvalue weighted by Crippen LogP contribution is 2.25. The second-order valence-corrected chi connectivity index (χ2v) is 8.20. The van der Waals surface area contributed by atoms with Gasteiger partial charge in [0.25, 0.3) is 0 Å². The highest BCUT2D eigenvalue weighted by Gasteiger charge is 2.43. The molecule has 2 aromatic rings. The summed E-state index contributed by atoms with van der Waals surface area (Å²) in [7, 11) is 1.50. The number of rotatable bonds is 9. The lowest BCUT2D eigenvalue weighted by Crippen LogP contribution is -2.34. The lowest BCUT2D eigenvalue weighted by molar-refractivity contribution is -0.290. The molecule has 0 fully saturated rings. The zero-order valence-corrected chi connectivity index (χ0v) is 21.1. The predicted octanol–water partition coefficient (Wildman–Crippen LogP) is 4.49. The molecule has 0 bridgehead atoms. The molecular weight excluding hydrogens is 520 g/mol. The monoisotopic (exact) mass is 546 g/mol. The number of aryl methyl sites for hydroxylation is 1. The fourth-order valence-electron chi connectivity index (χ4n) is 3.21. The van der Waals surface area contributed by atoms with Gasteiger partial charge in [0.05, 0.1) is 18.9 Å². The first-order chi connectivity index (χ1) is 17.7. The SMILES string of the molecule is COc1c(C)cnc(COC(=O)Nc2ccc(F)c(CC(OC(C)C)C(=O)OOC(=O)C(F)(F)F)c2)c1C. The van der Waals surface area contributed by atoms with E-state index in [0.29, 0.717) is 17.0 Å². The van der Waals surface area contributed by atoms with Crippen LogP contribution in [-0.4, -0.2) is 48.5 Å². The third kappa shape index (κ3) is 8.57. The molecule has 14 heteroatoms. The maximum atomic E-state index is 14.5. The number of hydrogen-bond acceptors (Lipinski definition) is 9. The van der Waals surface area contributed by atoms with E-state index in [1.807, 2.05) is 6.92 Å². The average Bonchev–Trinajstić information content (AvgIpc) is 2.82. The number of alkyl halides is 3. The normalized spacial score (nSPS) is 12.1. The molecule has 1 atom stereocenters. The Morgan fingerprint density at radius 3 is 2.39 bits per heavy atom. The van der Waals surface area contributed by atoms with Crippen molar-refractivity contribution in [2.24, 2.45) is 0 Å². The standard InChI is InChI=1S/C24H26F4N2O8/c1-12(2)36-19(21(31)37-38-22(32)24(26,27)28)9-15-8-16(6-7-17(15)25)30-23(33)35-11-18-14(4)20(34-5)13(3)10-29-18/h6-8,10,12,19H,9,11H2,1-5H3,(H,30,33). The molecule has 1 aromatic carbocycles. The van der Waals surface area contributed by atoms with E-state index >= 15 is 0 Å². The summed E-state index contributed by atoms with van der Waals surface area (Å²) in [6, 6.07) is 3.38. The van der Waals surface area contributed by atoms with Crippen LogP contribution in [0.2, 0.25) is 0 Å². The van der Waals surface area contributed by atoms with E-state index in [0.717, 1.165) is 11.6 Å². The molecule has 1 heterocycles. The molecule has 1 N–H and O–H groups in total. The van der Waals surface area contributed by atoms with E-state index in [1.165, 1.54) is 33.1 Å². The van der Waals surface area contributed by atoms with Crippen molar-refractivity contribution in [2.75, 3.05) is 12.4 Å². The van der Waals surface area contributed by atoms with Crippen LogP contribution in [0.4, 0.5) is 28.0 Å². The predicted molar refractivity (Wildman–Crippen MR) is 122 cm³/mol. The van der Waals surface area contributed by atoms with Crippen molar-refractivity contribution in [2.45, 2.75) is 59.1 Å². The molecule has 0 aliphatic heterocycles. The van der Waals surface area contributed by atoms with Gasteiger partial charge in [0.2, 0.25) is 0 Å². The Balaban J connectivity index is 2.08. The Morgan fingerprint density at radius 1 is 1.11 bits per heavy atom. The maximum Gasteiger partial charge on any atom is 0.495 e. The van der Waals surface area contributed by atoms with Gasteiger partial charge in [-0.3, -0.25) is 10.3 Å². The van der Waals surface area contributed by atoms with E-state index in [2.05, 4.69) is 20.1 Å². The van der Waals surface area contributed by atoms with Crippen molar-refractivity contribution in [3.05, 3.63) is 52.6 Å². The fourth-order valence-corrected chi connectivity index (χ4v) is 3.21. The Kier molecular flexibility index (Phi) is 10.4. The largest absolute Gasteiger partial charge is 0.496 e. The van der Waals surface area contributed by atoms with Crippen LogP contribution in [0.25, 0.3) is 0 Å². The van der Waals surface area contributed by atoms with Gasteiger partial charge in [-0.1, -0.05) is 0 Å². The number of benzene rings is 1. The summed E-state index contributed by atoms with van der Waals surface area (Å²) >= 11 is 0. The number of carbonyl (C=O) groups is 3. The third-order valence-corrected chi connectivity index (χ3v) is 4.92. The van der Waals surface area contributed by atoms with Gasteiger partial charge in [0.1, 0.15) is 18.2 Å². The van der Waals surface area contributed by atoms with Crippen molar-refractivity contribution in [3.63, 3.8) is 0 Å². The van der Waals surface area contributed by atoms with Crippen LogP contribution in [0.15, 0.2) is 24.4 Å². The maximum absolute atomic E-state index is 14.5. The molecule has 0 aliphatic rings. The van der Waals surface area contributed by atoms with Crippen LogP contribution < -0.4 is 10.1 Å². The number of ether oxygens (including phenoxy) is 3. The first kappa shape index (κ1) is 30.3. The first-order valence-corrected chi connectivity index (χ1v) is 11.1. The molecule has 10 nitrogen and oxygen atoms in total. The van der Waals surface area contributed by atoms with Crippen molar-refractivity contribution >= 4 is 23.7 Å². The molecule has 208 valence electrons. The van der Waals surface area contributed by atoms with Gasteiger partial charge in [0, 0.05) is 29.4 Å². The number of methoxy groups -OCH3 is 1. The lowest BCUT2D eigenvalue weighted by Gasteiger charge is -2.19. The Morgan fingerprint density at radius 2 is 1.79 bits per heavy atom. The number of amides is 1. The Hall–Kier alpha value is -3.94. The summed E-state index contributed by atoms with van der Waals surface area (Å²) < 4.78 is 67.1. The number of aromatic nitrogens is 1. The number of nitrogens with one attached hydrogen (secondary N) is 1. The molecule has 2 rings (SSSR count). The van der Waals surface area contributed by atoms with Gasteiger partial charge in [-0.2, -0.15) is 13.2 Å². The summed E-state index contributed by atoms with van der Waals surface area (Å²) in [6.07, 6.45) is -7.52. The zero-order valence-electron chi connectivity index (χ0n) is 21.1. The smallest absolute Gasteiger partial charge is 0.495 e. The van der Waals surface area contributed by atoms with Gasteiger partial charge in [-0.25, -0.2) is 28.5 Å². The molecule has 1 amide bonds. The van der Waals surface area contributed by atoms with Gasteiger partial charge < -0.3 is 14.2 Å². The average molecular weight is 546 g/mol. The molecule has 38 heavy (non-hydrogen) atoms. The Bertz CT molecular complexity index is 1170. The highest BCUT2D eigenvalue weighted by atomic mass is 19.4. The first-order valence-electron chi connectivity index (χ1n) is 11.1.